The lowest BCUT2D eigenvalue weighted by molar-refractivity contribution is 0.0309. The predicted octanol–water partition coefficient (Wildman–Crippen LogP) is 2.01. The summed E-state index contributed by atoms with van der Waals surface area (Å²) < 4.78 is 5.82. The van der Waals surface area contributed by atoms with Crippen LogP contribution in [0.3, 0.4) is 0 Å². The molecule has 1 N–H and O–H groups in total. The topological polar surface area (TPSA) is 65.6 Å². The first-order valence-corrected chi connectivity index (χ1v) is 8.68. The number of nitrogens with zero attached hydrogens (tertiary/aromatic N) is 4. The molecule has 0 aliphatic carbocycles. The maximum absolute atomic E-state index is 9.64. The molecule has 1 saturated heterocycles. The summed E-state index contributed by atoms with van der Waals surface area (Å²) in [5.74, 6) is 1.23. The van der Waals surface area contributed by atoms with Crippen molar-refractivity contribution in [2.75, 3.05) is 26.2 Å². The van der Waals surface area contributed by atoms with Crippen molar-refractivity contribution in [3.8, 4) is 11.5 Å². The van der Waals surface area contributed by atoms with Gasteiger partial charge in [-0.3, -0.25) is 9.80 Å². The number of aromatic nitrogens is 2. The Bertz CT molecular complexity index is 629. The normalized spacial score (nSPS) is 21.0. The first-order chi connectivity index (χ1) is 11.7. The smallest absolute Gasteiger partial charge is 0.247 e. The minimum Gasteiger partial charge on any atom is -0.419 e. The molecule has 3 rings (SSSR count). The summed E-state index contributed by atoms with van der Waals surface area (Å²) in [4.78, 5) is 4.74. The highest BCUT2D eigenvalue weighted by Crippen LogP contribution is 2.19. The highest BCUT2D eigenvalue weighted by molar-refractivity contribution is 5.51. The molecule has 0 radical (unpaired) electrons. The van der Waals surface area contributed by atoms with Crippen LogP contribution in [-0.4, -0.2) is 63.4 Å². The Hall–Kier alpha value is -1.76. The van der Waals surface area contributed by atoms with Crippen LogP contribution in [0.4, 0.5) is 0 Å². The van der Waals surface area contributed by atoms with Gasteiger partial charge in [0.25, 0.3) is 0 Å². The fraction of sp³-hybridized carbons (Fsp3) is 0.556. The second-order valence-electron chi connectivity index (χ2n) is 6.51. The average molecular weight is 330 g/mol. The summed E-state index contributed by atoms with van der Waals surface area (Å²) in [5.41, 5.74) is 0.949. The third-order valence-corrected chi connectivity index (χ3v) is 4.51. The maximum atomic E-state index is 9.64. The van der Waals surface area contributed by atoms with Gasteiger partial charge in [0, 0.05) is 37.8 Å². The molecule has 1 fully saturated rings. The summed E-state index contributed by atoms with van der Waals surface area (Å²) in [5, 5.41) is 18.0. The van der Waals surface area contributed by atoms with Gasteiger partial charge in [0.05, 0.1) is 12.6 Å². The van der Waals surface area contributed by atoms with Gasteiger partial charge < -0.3 is 9.52 Å². The van der Waals surface area contributed by atoms with Crippen LogP contribution >= 0.6 is 0 Å². The molecule has 0 spiro atoms. The minimum absolute atomic E-state index is 0.282. The van der Waals surface area contributed by atoms with Gasteiger partial charge in [-0.1, -0.05) is 25.1 Å². The van der Waals surface area contributed by atoms with Gasteiger partial charge >= 0.3 is 0 Å². The zero-order valence-electron chi connectivity index (χ0n) is 14.4. The van der Waals surface area contributed by atoms with Crippen molar-refractivity contribution in [3.05, 3.63) is 36.2 Å². The van der Waals surface area contributed by atoms with E-state index in [9.17, 15) is 5.11 Å². The summed E-state index contributed by atoms with van der Waals surface area (Å²) in [6.45, 7) is 8.34. The molecule has 1 aromatic heterocycles. The third kappa shape index (κ3) is 4.20. The van der Waals surface area contributed by atoms with Crippen LogP contribution in [0.2, 0.25) is 0 Å². The Balaban J connectivity index is 1.60. The quantitative estimate of drug-likeness (QED) is 0.874. The highest BCUT2D eigenvalue weighted by atomic mass is 16.4. The largest absolute Gasteiger partial charge is 0.419 e. The predicted molar refractivity (Wildman–Crippen MR) is 92.3 cm³/mol. The average Bonchev–Trinajstić information content (AvgIpc) is 3.05. The maximum Gasteiger partial charge on any atom is 0.247 e. The van der Waals surface area contributed by atoms with Gasteiger partial charge in [-0.2, -0.15) is 0 Å². The third-order valence-electron chi connectivity index (χ3n) is 4.51. The molecule has 6 heteroatoms. The van der Waals surface area contributed by atoms with E-state index in [-0.39, 0.29) is 6.10 Å². The van der Waals surface area contributed by atoms with Crippen LogP contribution in [-0.2, 0) is 6.54 Å². The molecule has 0 bridgehead atoms. The van der Waals surface area contributed by atoms with Crippen molar-refractivity contribution in [2.45, 2.75) is 39.0 Å². The Morgan fingerprint density at radius 2 is 2.04 bits per heavy atom. The van der Waals surface area contributed by atoms with Gasteiger partial charge in [-0.15, -0.1) is 10.2 Å². The molecule has 0 amide bonds. The van der Waals surface area contributed by atoms with Crippen molar-refractivity contribution in [1.29, 1.82) is 0 Å². The van der Waals surface area contributed by atoms with E-state index in [1.807, 2.05) is 37.3 Å². The van der Waals surface area contributed by atoms with Crippen LogP contribution in [0, 0.1) is 0 Å². The van der Waals surface area contributed by atoms with E-state index in [0.717, 1.165) is 38.2 Å². The van der Waals surface area contributed by atoms with Crippen LogP contribution in [0.1, 0.15) is 26.2 Å². The number of aliphatic hydroxyl groups is 1. The molecule has 130 valence electrons. The van der Waals surface area contributed by atoms with Crippen LogP contribution in [0.15, 0.2) is 34.7 Å². The molecule has 24 heavy (non-hydrogen) atoms. The second kappa shape index (κ2) is 7.88. The highest BCUT2D eigenvalue weighted by Gasteiger charge is 2.27. The summed E-state index contributed by atoms with van der Waals surface area (Å²) in [6.07, 6.45) is 0.789. The molecule has 2 heterocycles. The van der Waals surface area contributed by atoms with E-state index in [0.29, 0.717) is 24.4 Å². The van der Waals surface area contributed by atoms with Crippen molar-refractivity contribution in [3.63, 3.8) is 0 Å². The minimum atomic E-state index is -0.282. The molecular formula is C18H26N4O2. The fourth-order valence-electron chi connectivity index (χ4n) is 3.27. The summed E-state index contributed by atoms with van der Waals surface area (Å²) >= 11 is 0. The Labute approximate surface area is 143 Å². The van der Waals surface area contributed by atoms with E-state index >= 15 is 0 Å². The molecule has 1 aromatic carbocycles. The zero-order chi connectivity index (χ0) is 16.9. The Morgan fingerprint density at radius 1 is 1.25 bits per heavy atom. The Kier molecular flexibility index (Phi) is 5.60. The Morgan fingerprint density at radius 3 is 2.75 bits per heavy atom. The van der Waals surface area contributed by atoms with E-state index in [1.165, 1.54) is 0 Å². The van der Waals surface area contributed by atoms with Gasteiger partial charge in [0.1, 0.15) is 0 Å². The number of rotatable bonds is 6. The van der Waals surface area contributed by atoms with Crippen molar-refractivity contribution < 1.29 is 9.52 Å². The number of piperazine rings is 1. The molecular weight excluding hydrogens is 304 g/mol. The lowest BCUT2D eigenvalue weighted by atomic mass is 10.1. The monoisotopic (exact) mass is 330 g/mol. The molecule has 6 nitrogen and oxygen atoms in total. The standard InChI is InChI=1S/C18H26N4O2/c1-3-16-12-21(9-10-22(16)11-14(2)23)13-17-19-20-18(24-17)15-7-5-4-6-8-15/h4-8,14,16,23H,3,9-13H2,1-2H3/t14-,16-/m0/s1. The van der Waals surface area contributed by atoms with Crippen molar-refractivity contribution >= 4 is 0 Å². The van der Waals surface area contributed by atoms with E-state index in [1.54, 1.807) is 0 Å². The van der Waals surface area contributed by atoms with E-state index in [2.05, 4.69) is 26.9 Å². The molecule has 0 unspecified atom stereocenters. The first kappa shape index (κ1) is 17.1. The number of hydrogen-bond donors (Lipinski definition) is 1. The molecule has 2 aromatic rings. The number of β-amino-alcohol motifs (C(OH)–C–C–N with tert-alkyl or cyclic N) is 1. The number of hydrogen-bond acceptors (Lipinski definition) is 6. The molecule has 0 saturated carbocycles. The van der Waals surface area contributed by atoms with Crippen LogP contribution in [0.5, 0.6) is 0 Å². The summed E-state index contributed by atoms with van der Waals surface area (Å²) in [6, 6.07) is 10.3. The second-order valence-corrected chi connectivity index (χ2v) is 6.51. The molecule has 1 aliphatic heterocycles. The van der Waals surface area contributed by atoms with Crippen LogP contribution < -0.4 is 0 Å². The zero-order valence-corrected chi connectivity index (χ0v) is 14.4. The van der Waals surface area contributed by atoms with Gasteiger partial charge in [0.2, 0.25) is 11.8 Å². The number of aliphatic hydroxyl groups excluding tert-OH is 1. The number of benzene rings is 1. The molecule has 2 atom stereocenters. The van der Waals surface area contributed by atoms with E-state index < -0.39 is 0 Å². The van der Waals surface area contributed by atoms with Crippen LogP contribution in [0.25, 0.3) is 11.5 Å². The van der Waals surface area contributed by atoms with Gasteiger partial charge in [0.15, 0.2) is 0 Å². The first-order valence-electron chi connectivity index (χ1n) is 8.68. The van der Waals surface area contributed by atoms with Crippen molar-refractivity contribution in [2.24, 2.45) is 0 Å². The van der Waals surface area contributed by atoms with Crippen molar-refractivity contribution in [1.82, 2.24) is 20.0 Å². The van der Waals surface area contributed by atoms with E-state index in [4.69, 9.17) is 4.42 Å². The fourth-order valence-corrected chi connectivity index (χ4v) is 3.27. The summed E-state index contributed by atoms with van der Waals surface area (Å²) in [7, 11) is 0. The SMILES string of the molecule is CC[C@H]1CN(Cc2nnc(-c3ccccc3)o2)CCN1C[C@H](C)O. The molecule has 1 aliphatic rings. The van der Waals surface area contributed by atoms with Gasteiger partial charge in [-0.05, 0) is 25.5 Å². The lowest BCUT2D eigenvalue weighted by Crippen LogP contribution is -2.54. The van der Waals surface area contributed by atoms with Gasteiger partial charge in [-0.25, -0.2) is 0 Å². The lowest BCUT2D eigenvalue weighted by Gasteiger charge is -2.41.